The molecule has 1 aromatic rings. The summed E-state index contributed by atoms with van der Waals surface area (Å²) < 4.78 is 10.3. The summed E-state index contributed by atoms with van der Waals surface area (Å²) in [6.07, 6.45) is 3.96. The third-order valence-corrected chi connectivity index (χ3v) is 3.84. The van der Waals surface area contributed by atoms with Crippen LogP contribution in [0.2, 0.25) is 0 Å². The second kappa shape index (κ2) is 6.06. The van der Waals surface area contributed by atoms with Gasteiger partial charge in [-0.15, -0.1) is 11.8 Å². The molecule has 1 aliphatic rings. The van der Waals surface area contributed by atoms with E-state index in [2.05, 4.69) is 4.98 Å². The summed E-state index contributed by atoms with van der Waals surface area (Å²) in [7, 11) is 1.35. The van der Waals surface area contributed by atoms with E-state index in [9.17, 15) is 4.79 Å². The number of hydrogen-bond donors (Lipinski definition) is 1. The molecule has 0 spiro atoms. The highest BCUT2D eigenvalue weighted by molar-refractivity contribution is 7.99. The van der Waals surface area contributed by atoms with Crippen molar-refractivity contribution in [3.05, 3.63) is 17.8 Å². The topological polar surface area (TPSA) is 74.4 Å². The van der Waals surface area contributed by atoms with Crippen molar-refractivity contribution in [1.29, 1.82) is 0 Å². The van der Waals surface area contributed by atoms with E-state index in [1.54, 1.807) is 12.3 Å². The van der Waals surface area contributed by atoms with Crippen molar-refractivity contribution in [2.75, 3.05) is 25.2 Å². The molecule has 0 aliphatic carbocycles. The summed E-state index contributed by atoms with van der Waals surface area (Å²) in [5.74, 6) is 0.380. The molecular weight excluding hydrogens is 252 g/mol. The third kappa shape index (κ3) is 3.14. The lowest BCUT2D eigenvalue weighted by atomic mass is 10.3. The number of nitrogens with zero attached hydrogens (tertiary/aromatic N) is 1. The SMILES string of the molecule is COC(=O)c1cc(N)cnc1SCC1CCCO1. The van der Waals surface area contributed by atoms with E-state index in [1.807, 2.05) is 0 Å². The van der Waals surface area contributed by atoms with Gasteiger partial charge in [0.05, 0.1) is 30.7 Å². The second-order valence-corrected chi connectivity index (χ2v) is 5.07. The zero-order valence-corrected chi connectivity index (χ0v) is 11.0. The van der Waals surface area contributed by atoms with Crippen LogP contribution >= 0.6 is 11.8 Å². The molecule has 0 amide bonds. The van der Waals surface area contributed by atoms with Crippen LogP contribution in [0.15, 0.2) is 17.3 Å². The number of anilines is 1. The van der Waals surface area contributed by atoms with Gasteiger partial charge in [0.15, 0.2) is 0 Å². The molecule has 98 valence electrons. The van der Waals surface area contributed by atoms with Crippen LogP contribution in [0.1, 0.15) is 23.2 Å². The molecule has 0 radical (unpaired) electrons. The van der Waals surface area contributed by atoms with Crippen LogP contribution in [0.4, 0.5) is 5.69 Å². The minimum absolute atomic E-state index is 0.250. The van der Waals surface area contributed by atoms with Gasteiger partial charge in [0, 0.05) is 12.4 Å². The highest BCUT2D eigenvalue weighted by atomic mass is 32.2. The van der Waals surface area contributed by atoms with Gasteiger partial charge in [-0.3, -0.25) is 0 Å². The normalized spacial score (nSPS) is 18.8. The predicted octanol–water partition coefficient (Wildman–Crippen LogP) is 1.72. The average Bonchev–Trinajstić information content (AvgIpc) is 2.89. The van der Waals surface area contributed by atoms with Crippen LogP contribution in [0, 0.1) is 0 Å². The Morgan fingerprint density at radius 3 is 3.22 bits per heavy atom. The molecule has 2 rings (SSSR count). The monoisotopic (exact) mass is 268 g/mol. The number of methoxy groups -OCH3 is 1. The van der Waals surface area contributed by atoms with Crippen molar-refractivity contribution < 1.29 is 14.3 Å². The largest absolute Gasteiger partial charge is 0.465 e. The van der Waals surface area contributed by atoms with Crippen molar-refractivity contribution in [3.8, 4) is 0 Å². The van der Waals surface area contributed by atoms with E-state index in [0.717, 1.165) is 25.2 Å². The van der Waals surface area contributed by atoms with Crippen LogP contribution < -0.4 is 5.73 Å². The zero-order valence-electron chi connectivity index (χ0n) is 10.2. The van der Waals surface area contributed by atoms with Crippen molar-refractivity contribution in [3.63, 3.8) is 0 Å². The lowest BCUT2D eigenvalue weighted by Crippen LogP contribution is -2.10. The maximum atomic E-state index is 11.6. The summed E-state index contributed by atoms with van der Waals surface area (Å²) in [5.41, 5.74) is 6.51. The van der Waals surface area contributed by atoms with Gasteiger partial charge < -0.3 is 15.2 Å². The third-order valence-electron chi connectivity index (χ3n) is 2.71. The number of carbonyl (C=O) groups excluding carboxylic acids is 1. The molecular formula is C12H16N2O3S. The fourth-order valence-electron chi connectivity index (χ4n) is 1.79. The Labute approximate surface area is 110 Å². The molecule has 18 heavy (non-hydrogen) atoms. The molecule has 0 aromatic carbocycles. The highest BCUT2D eigenvalue weighted by Gasteiger charge is 2.19. The van der Waals surface area contributed by atoms with Crippen molar-refractivity contribution in [1.82, 2.24) is 4.98 Å². The van der Waals surface area contributed by atoms with Crippen LogP contribution in [0.5, 0.6) is 0 Å². The van der Waals surface area contributed by atoms with E-state index in [1.165, 1.54) is 18.9 Å². The predicted molar refractivity (Wildman–Crippen MR) is 69.7 cm³/mol. The van der Waals surface area contributed by atoms with Gasteiger partial charge in [0.1, 0.15) is 5.03 Å². The second-order valence-electron chi connectivity index (χ2n) is 4.06. The van der Waals surface area contributed by atoms with Gasteiger partial charge >= 0.3 is 5.97 Å². The first kappa shape index (κ1) is 13.2. The first-order chi connectivity index (χ1) is 8.70. The number of nitrogen functional groups attached to an aromatic ring is 1. The number of thioether (sulfide) groups is 1. The van der Waals surface area contributed by atoms with Crippen molar-refractivity contribution in [2.45, 2.75) is 24.0 Å². The molecule has 5 nitrogen and oxygen atoms in total. The van der Waals surface area contributed by atoms with E-state index in [4.69, 9.17) is 15.2 Å². The molecule has 0 saturated carbocycles. The molecule has 1 aliphatic heterocycles. The number of nitrogens with two attached hydrogens (primary N) is 1. The number of carbonyl (C=O) groups is 1. The summed E-state index contributed by atoms with van der Waals surface area (Å²) in [6.45, 7) is 0.824. The van der Waals surface area contributed by atoms with Crippen LogP contribution in [0.3, 0.4) is 0 Å². The fraction of sp³-hybridized carbons (Fsp3) is 0.500. The minimum atomic E-state index is -0.412. The Hall–Kier alpha value is -1.27. The molecule has 1 fully saturated rings. The van der Waals surface area contributed by atoms with Gasteiger partial charge in [-0.1, -0.05) is 0 Å². The zero-order chi connectivity index (χ0) is 13.0. The van der Waals surface area contributed by atoms with Crippen LogP contribution in [-0.4, -0.2) is 36.5 Å². The van der Waals surface area contributed by atoms with Crippen molar-refractivity contribution in [2.24, 2.45) is 0 Å². The number of pyridine rings is 1. The molecule has 1 unspecified atom stereocenters. The van der Waals surface area contributed by atoms with Gasteiger partial charge in [0.25, 0.3) is 0 Å². The number of esters is 1. The molecule has 1 aromatic heterocycles. The van der Waals surface area contributed by atoms with Gasteiger partial charge in [-0.2, -0.15) is 0 Å². The first-order valence-corrected chi connectivity index (χ1v) is 6.77. The lowest BCUT2D eigenvalue weighted by Gasteiger charge is -2.10. The van der Waals surface area contributed by atoms with Crippen molar-refractivity contribution >= 4 is 23.4 Å². The average molecular weight is 268 g/mol. The molecule has 1 atom stereocenters. The molecule has 2 heterocycles. The van der Waals surface area contributed by atoms with E-state index >= 15 is 0 Å². The van der Waals surface area contributed by atoms with E-state index < -0.39 is 5.97 Å². The lowest BCUT2D eigenvalue weighted by molar-refractivity contribution is 0.0596. The molecule has 0 bridgehead atoms. The Balaban J connectivity index is 2.08. The minimum Gasteiger partial charge on any atom is -0.465 e. The van der Waals surface area contributed by atoms with Crippen LogP contribution in [-0.2, 0) is 9.47 Å². The fourth-order valence-corrected chi connectivity index (χ4v) is 2.82. The molecule has 6 heteroatoms. The number of ether oxygens (including phenoxy) is 2. The Morgan fingerprint density at radius 1 is 1.72 bits per heavy atom. The number of rotatable bonds is 4. The summed E-state index contributed by atoms with van der Waals surface area (Å²) in [5, 5.41) is 0.645. The number of aromatic nitrogens is 1. The Bertz CT molecular complexity index is 433. The maximum absolute atomic E-state index is 11.6. The van der Waals surface area contributed by atoms with Gasteiger partial charge in [-0.25, -0.2) is 9.78 Å². The summed E-state index contributed by atoms with van der Waals surface area (Å²) >= 11 is 1.50. The van der Waals surface area contributed by atoms with Gasteiger partial charge in [0.2, 0.25) is 0 Å². The Kier molecular flexibility index (Phi) is 4.43. The summed E-state index contributed by atoms with van der Waals surface area (Å²) in [4.78, 5) is 15.8. The maximum Gasteiger partial charge on any atom is 0.340 e. The van der Waals surface area contributed by atoms with Crippen LogP contribution in [0.25, 0.3) is 0 Å². The molecule has 1 saturated heterocycles. The summed E-state index contributed by atoms with van der Waals surface area (Å²) in [6, 6.07) is 1.59. The molecule has 2 N–H and O–H groups in total. The first-order valence-electron chi connectivity index (χ1n) is 5.79. The highest BCUT2D eigenvalue weighted by Crippen LogP contribution is 2.26. The van der Waals surface area contributed by atoms with Gasteiger partial charge in [-0.05, 0) is 18.9 Å². The quantitative estimate of drug-likeness (QED) is 0.662. The Morgan fingerprint density at radius 2 is 2.56 bits per heavy atom. The smallest absolute Gasteiger partial charge is 0.340 e. The standard InChI is InChI=1S/C12H16N2O3S/c1-16-12(15)10-5-8(13)6-14-11(10)18-7-9-3-2-4-17-9/h5-6,9H,2-4,7,13H2,1H3. The van der Waals surface area contributed by atoms with E-state index in [0.29, 0.717) is 16.3 Å². The number of hydrogen-bond acceptors (Lipinski definition) is 6. The van der Waals surface area contributed by atoms with E-state index in [-0.39, 0.29) is 6.10 Å².